The average molecular weight is 415 g/mol. The highest BCUT2D eigenvalue weighted by molar-refractivity contribution is 7.71. The molecule has 0 saturated carbocycles. The maximum Gasteiger partial charge on any atom is 0.199 e. The SMILES string of the molecule is CCn1c(-c2ccco2)nn(CN2CCC[C@H]2c2ccc(OC)cc2OC)c1=S. The second-order valence-corrected chi connectivity index (χ2v) is 7.41. The Labute approximate surface area is 175 Å². The van der Waals surface area contributed by atoms with Gasteiger partial charge in [0, 0.05) is 30.8 Å². The van der Waals surface area contributed by atoms with E-state index in [1.165, 1.54) is 5.56 Å². The topological polar surface area (TPSA) is 57.6 Å². The lowest BCUT2D eigenvalue weighted by Crippen LogP contribution is -2.27. The van der Waals surface area contributed by atoms with E-state index in [1.807, 2.05) is 33.5 Å². The molecule has 1 aliphatic rings. The van der Waals surface area contributed by atoms with Gasteiger partial charge in [0.05, 0.1) is 27.2 Å². The first-order valence-corrected chi connectivity index (χ1v) is 10.2. The summed E-state index contributed by atoms with van der Waals surface area (Å²) in [6, 6.07) is 10.0. The summed E-state index contributed by atoms with van der Waals surface area (Å²) in [4.78, 5) is 2.40. The van der Waals surface area contributed by atoms with Crippen LogP contribution in [0.1, 0.15) is 31.4 Å². The number of hydrogen-bond donors (Lipinski definition) is 0. The molecule has 2 aromatic heterocycles. The van der Waals surface area contributed by atoms with E-state index >= 15 is 0 Å². The zero-order valence-corrected chi connectivity index (χ0v) is 17.8. The molecule has 1 aliphatic heterocycles. The molecule has 0 aliphatic carbocycles. The van der Waals surface area contributed by atoms with Crippen LogP contribution in [-0.2, 0) is 13.2 Å². The van der Waals surface area contributed by atoms with Gasteiger partial charge < -0.3 is 13.9 Å². The second kappa shape index (κ2) is 8.42. The fraction of sp³-hybridized carbons (Fsp3) is 0.429. The standard InChI is InChI=1S/C21H26N4O3S/c1-4-24-20(18-8-6-12-28-18)22-25(21(24)29)14-23-11-5-7-17(23)16-10-9-15(26-2)13-19(16)27-3/h6,8-10,12-13,17H,4-5,7,11,14H2,1-3H3/t17-/m0/s1. The van der Waals surface area contributed by atoms with Crippen LogP contribution in [0.5, 0.6) is 11.5 Å². The molecule has 0 amide bonds. The van der Waals surface area contributed by atoms with Crippen LogP contribution in [0.2, 0.25) is 0 Å². The third kappa shape index (κ3) is 3.70. The van der Waals surface area contributed by atoms with Gasteiger partial charge in [-0.2, -0.15) is 0 Å². The summed E-state index contributed by atoms with van der Waals surface area (Å²) >= 11 is 5.71. The molecule has 0 radical (unpaired) electrons. The predicted molar refractivity (Wildman–Crippen MR) is 113 cm³/mol. The summed E-state index contributed by atoms with van der Waals surface area (Å²) in [5, 5.41) is 4.77. The molecule has 3 heterocycles. The number of hydrogen-bond acceptors (Lipinski definition) is 6. The van der Waals surface area contributed by atoms with Crippen LogP contribution < -0.4 is 9.47 Å². The van der Waals surface area contributed by atoms with Crippen LogP contribution in [0.15, 0.2) is 41.0 Å². The van der Waals surface area contributed by atoms with Crippen molar-refractivity contribution in [1.82, 2.24) is 19.2 Å². The van der Waals surface area contributed by atoms with Crippen molar-refractivity contribution in [3.63, 3.8) is 0 Å². The molecule has 1 saturated heterocycles. The molecule has 1 atom stereocenters. The highest BCUT2D eigenvalue weighted by Gasteiger charge is 2.29. The summed E-state index contributed by atoms with van der Waals surface area (Å²) < 4.78 is 21.1. The highest BCUT2D eigenvalue weighted by atomic mass is 32.1. The summed E-state index contributed by atoms with van der Waals surface area (Å²) in [7, 11) is 3.37. The first-order valence-electron chi connectivity index (χ1n) is 9.83. The van der Waals surface area contributed by atoms with E-state index in [9.17, 15) is 0 Å². The molecule has 0 bridgehead atoms. The van der Waals surface area contributed by atoms with Gasteiger partial charge in [0.25, 0.3) is 0 Å². The fourth-order valence-electron chi connectivity index (χ4n) is 4.02. The molecule has 1 aromatic carbocycles. The smallest absolute Gasteiger partial charge is 0.199 e. The monoisotopic (exact) mass is 414 g/mol. The molecule has 7 nitrogen and oxygen atoms in total. The van der Waals surface area contributed by atoms with Crippen molar-refractivity contribution >= 4 is 12.2 Å². The number of likely N-dealkylation sites (tertiary alicyclic amines) is 1. The molecule has 1 fully saturated rings. The number of ether oxygens (including phenoxy) is 2. The predicted octanol–water partition coefficient (Wildman–Crippen LogP) is 4.51. The summed E-state index contributed by atoms with van der Waals surface area (Å²) in [5.41, 5.74) is 1.17. The van der Waals surface area contributed by atoms with Crippen LogP contribution in [0.3, 0.4) is 0 Å². The van der Waals surface area contributed by atoms with E-state index in [1.54, 1.807) is 20.5 Å². The molecule has 0 spiro atoms. The Balaban J connectivity index is 1.64. The first-order chi connectivity index (χ1) is 14.2. The van der Waals surface area contributed by atoms with Crippen molar-refractivity contribution in [3.05, 3.63) is 46.9 Å². The first kappa shape index (κ1) is 19.7. The van der Waals surface area contributed by atoms with Crippen molar-refractivity contribution in [2.75, 3.05) is 20.8 Å². The lowest BCUT2D eigenvalue weighted by atomic mass is 10.0. The van der Waals surface area contributed by atoms with Crippen molar-refractivity contribution in [3.8, 4) is 23.1 Å². The van der Waals surface area contributed by atoms with Crippen LogP contribution in [0.4, 0.5) is 0 Å². The second-order valence-electron chi connectivity index (χ2n) is 7.05. The third-order valence-corrected chi connectivity index (χ3v) is 5.89. The van der Waals surface area contributed by atoms with Crippen molar-refractivity contribution in [2.24, 2.45) is 0 Å². The van der Waals surface area contributed by atoms with Gasteiger partial charge in [0.1, 0.15) is 11.5 Å². The molecule has 4 rings (SSSR count). The number of rotatable bonds is 7. The quantitative estimate of drug-likeness (QED) is 0.531. The minimum atomic E-state index is 0.247. The molecule has 3 aromatic rings. The maximum absolute atomic E-state index is 5.71. The molecular formula is C21H26N4O3S. The molecule has 154 valence electrons. The van der Waals surface area contributed by atoms with E-state index in [-0.39, 0.29) is 6.04 Å². The number of methoxy groups -OCH3 is 2. The number of nitrogens with zero attached hydrogens (tertiary/aromatic N) is 4. The lowest BCUT2D eigenvalue weighted by molar-refractivity contribution is 0.186. The molecule has 29 heavy (non-hydrogen) atoms. The number of benzene rings is 1. The summed E-state index contributed by atoms with van der Waals surface area (Å²) in [6.07, 6.45) is 3.84. The van der Waals surface area contributed by atoms with E-state index in [0.29, 0.717) is 11.4 Å². The van der Waals surface area contributed by atoms with Gasteiger partial charge in [-0.05, 0) is 50.2 Å². The van der Waals surface area contributed by atoms with E-state index < -0.39 is 0 Å². The molecule has 0 N–H and O–H groups in total. The Hall–Kier alpha value is -2.58. The number of aromatic nitrogens is 3. The van der Waals surface area contributed by atoms with Crippen LogP contribution >= 0.6 is 12.2 Å². The normalized spacial score (nSPS) is 17.0. The third-order valence-electron chi connectivity index (χ3n) is 5.46. The minimum absolute atomic E-state index is 0.247. The Bertz CT molecular complexity index is 1030. The highest BCUT2D eigenvalue weighted by Crippen LogP contribution is 2.39. The molecule has 8 heteroatoms. The Morgan fingerprint density at radius 3 is 2.79 bits per heavy atom. The van der Waals surface area contributed by atoms with Gasteiger partial charge in [-0.15, -0.1) is 5.10 Å². The van der Waals surface area contributed by atoms with E-state index in [0.717, 1.165) is 49.0 Å². The average Bonchev–Trinajstić information content (AvgIpc) is 3.49. The molecular weight excluding hydrogens is 388 g/mol. The van der Waals surface area contributed by atoms with Crippen LogP contribution in [0, 0.1) is 4.77 Å². The Morgan fingerprint density at radius 2 is 2.10 bits per heavy atom. The van der Waals surface area contributed by atoms with E-state index in [4.69, 9.17) is 31.2 Å². The zero-order valence-electron chi connectivity index (χ0n) is 17.0. The van der Waals surface area contributed by atoms with Gasteiger partial charge in [-0.3, -0.25) is 9.47 Å². The van der Waals surface area contributed by atoms with E-state index in [2.05, 4.69) is 17.9 Å². The van der Waals surface area contributed by atoms with Crippen LogP contribution in [-0.4, -0.2) is 40.0 Å². The van der Waals surface area contributed by atoms with Crippen molar-refractivity contribution in [2.45, 2.75) is 39.0 Å². The van der Waals surface area contributed by atoms with Gasteiger partial charge >= 0.3 is 0 Å². The largest absolute Gasteiger partial charge is 0.497 e. The van der Waals surface area contributed by atoms with Crippen molar-refractivity contribution < 1.29 is 13.9 Å². The van der Waals surface area contributed by atoms with Gasteiger partial charge in [-0.1, -0.05) is 6.07 Å². The minimum Gasteiger partial charge on any atom is -0.497 e. The summed E-state index contributed by atoms with van der Waals surface area (Å²) in [5.74, 6) is 3.13. The Kier molecular flexibility index (Phi) is 5.73. The number of furan rings is 1. The maximum atomic E-state index is 5.71. The molecule has 0 unspecified atom stereocenters. The van der Waals surface area contributed by atoms with Crippen LogP contribution in [0.25, 0.3) is 11.6 Å². The summed E-state index contributed by atoms with van der Waals surface area (Å²) in [6.45, 7) is 4.41. The van der Waals surface area contributed by atoms with Gasteiger partial charge in [0.15, 0.2) is 16.4 Å². The fourth-order valence-corrected chi connectivity index (χ4v) is 4.33. The lowest BCUT2D eigenvalue weighted by Gasteiger charge is -2.26. The Morgan fingerprint density at radius 1 is 1.24 bits per heavy atom. The van der Waals surface area contributed by atoms with Gasteiger partial charge in [0.2, 0.25) is 0 Å². The zero-order chi connectivity index (χ0) is 20.4. The van der Waals surface area contributed by atoms with Crippen molar-refractivity contribution in [1.29, 1.82) is 0 Å². The van der Waals surface area contributed by atoms with Gasteiger partial charge in [-0.25, -0.2) is 4.68 Å².